The first kappa shape index (κ1) is 13.2. The summed E-state index contributed by atoms with van der Waals surface area (Å²) in [6, 6.07) is 16.0. The van der Waals surface area contributed by atoms with Crippen LogP contribution in [-0.4, -0.2) is 12.2 Å². The van der Waals surface area contributed by atoms with E-state index in [2.05, 4.69) is 17.5 Å². The molecule has 0 saturated heterocycles. The second-order valence-electron chi connectivity index (χ2n) is 4.76. The van der Waals surface area contributed by atoms with Crippen molar-refractivity contribution in [3.63, 3.8) is 0 Å². The zero-order valence-electron chi connectivity index (χ0n) is 11.2. The Morgan fingerprint density at radius 2 is 1.85 bits per heavy atom. The molecule has 3 aromatic rings. The fourth-order valence-corrected chi connectivity index (χ4v) is 3.36. The molecule has 2 nitrogen and oxygen atoms in total. The molecule has 20 heavy (non-hydrogen) atoms. The maximum atomic E-state index is 10.5. The van der Waals surface area contributed by atoms with Crippen molar-refractivity contribution in [1.29, 1.82) is 0 Å². The number of fused-ring (bicyclic) bond motifs is 1. The molecule has 0 fully saturated rings. The molecule has 3 heteroatoms. The summed E-state index contributed by atoms with van der Waals surface area (Å²) in [6.45, 7) is 0. The number of methoxy groups -OCH3 is 1. The highest BCUT2D eigenvalue weighted by Crippen LogP contribution is 2.31. The van der Waals surface area contributed by atoms with Crippen LogP contribution in [0.25, 0.3) is 10.1 Å². The maximum Gasteiger partial charge on any atom is 0.118 e. The first-order valence-electron chi connectivity index (χ1n) is 6.55. The van der Waals surface area contributed by atoms with Crippen molar-refractivity contribution in [2.45, 2.75) is 12.5 Å². The number of ether oxygens (including phenoxy) is 1. The van der Waals surface area contributed by atoms with E-state index >= 15 is 0 Å². The highest BCUT2D eigenvalue weighted by Gasteiger charge is 2.13. The van der Waals surface area contributed by atoms with Gasteiger partial charge in [0.2, 0.25) is 0 Å². The molecule has 0 spiro atoms. The van der Waals surface area contributed by atoms with Crippen molar-refractivity contribution in [3.8, 4) is 5.75 Å². The minimum atomic E-state index is -0.473. The number of aliphatic hydroxyl groups is 1. The summed E-state index contributed by atoms with van der Waals surface area (Å²) in [5.74, 6) is 0.837. The van der Waals surface area contributed by atoms with Crippen molar-refractivity contribution in [3.05, 3.63) is 65.0 Å². The summed E-state index contributed by atoms with van der Waals surface area (Å²) in [7, 11) is 1.65. The monoisotopic (exact) mass is 284 g/mol. The quantitative estimate of drug-likeness (QED) is 0.778. The van der Waals surface area contributed by atoms with Gasteiger partial charge in [-0.3, -0.25) is 0 Å². The molecule has 1 unspecified atom stereocenters. The van der Waals surface area contributed by atoms with Gasteiger partial charge in [0.05, 0.1) is 13.2 Å². The molecular weight excluding hydrogens is 268 g/mol. The third kappa shape index (κ3) is 2.55. The van der Waals surface area contributed by atoms with E-state index in [1.54, 1.807) is 18.4 Å². The Bertz CT molecular complexity index is 700. The smallest absolute Gasteiger partial charge is 0.118 e. The molecule has 1 aromatic heterocycles. The third-order valence-electron chi connectivity index (χ3n) is 3.46. The Hall–Kier alpha value is -1.84. The minimum Gasteiger partial charge on any atom is -0.497 e. The molecule has 0 saturated carbocycles. The van der Waals surface area contributed by atoms with Gasteiger partial charge in [0.1, 0.15) is 5.75 Å². The van der Waals surface area contributed by atoms with Crippen molar-refractivity contribution in [1.82, 2.24) is 0 Å². The van der Waals surface area contributed by atoms with Gasteiger partial charge in [-0.15, -0.1) is 11.3 Å². The number of hydrogen-bond donors (Lipinski definition) is 1. The van der Waals surface area contributed by atoms with Crippen LogP contribution in [0, 0.1) is 0 Å². The molecule has 1 heterocycles. The van der Waals surface area contributed by atoms with Gasteiger partial charge in [0.15, 0.2) is 0 Å². The van der Waals surface area contributed by atoms with E-state index in [4.69, 9.17) is 4.74 Å². The number of aliphatic hydroxyl groups excluding tert-OH is 1. The van der Waals surface area contributed by atoms with Gasteiger partial charge in [-0.2, -0.15) is 0 Å². The number of hydrogen-bond acceptors (Lipinski definition) is 3. The predicted octanol–water partition coefficient (Wildman–Crippen LogP) is 4.19. The van der Waals surface area contributed by atoms with Crippen molar-refractivity contribution < 1.29 is 9.84 Å². The van der Waals surface area contributed by atoms with Crippen LogP contribution in [0.5, 0.6) is 5.75 Å². The lowest BCUT2D eigenvalue weighted by molar-refractivity contribution is 0.180. The molecule has 1 N–H and O–H groups in total. The average molecular weight is 284 g/mol. The second-order valence-corrected chi connectivity index (χ2v) is 5.67. The van der Waals surface area contributed by atoms with Gasteiger partial charge in [-0.1, -0.05) is 30.3 Å². The largest absolute Gasteiger partial charge is 0.497 e. The molecule has 1 atom stereocenters. The van der Waals surface area contributed by atoms with E-state index in [9.17, 15) is 5.11 Å². The van der Waals surface area contributed by atoms with E-state index < -0.39 is 6.10 Å². The summed E-state index contributed by atoms with van der Waals surface area (Å²) >= 11 is 1.68. The highest BCUT2D eigenvalue weighted by atomic mass is 32.1. The minimum absolute atomic E-state index is 0.473. The van der Waals surface area contributed by atoms with E-state index in [1.165, 1.54) is 4.70 Å². The fourth-order valence-electron chi connectivity index (χ4n) is 2.35. The van der Waals surface area contributed by atoms with Crippen LogP contribution in [0.15, 0.2) is 53.9 Å². The van der Waals surface area contributed by atoms with Crippen LogP contribution >= 0.6 is 11.3 Å². The first-order chi connectivity index (χ1) is 9.78. The predicted molar refractivity (Wildman–Crippen MR) is 83.5 cm³/mol. The third-order valence-corrected chi connectivity index (χ3v) is 4.44. The van der Waals surface area contributed by atoms with E-state index in [1.807, 2.05) is 36.4 Å². The van der Waals surface area contributed by atoms with Crippen LogP contribution in [0.4, 0.5) is 0 Å². The summed E-state index contributed by atoms with van der Waals surface area (Å²) in [6.07, 6.45) is 0.143. The Morgan fingerprint density at radius 1 is 1.10 bits per heavy atom. The molecule has 0 aliphatic heterocycles. The second kappa shape index (κ2) is 5.65. The fraction of sp³-hybridized carbons (Fsp3) is 0.176. The molecule has 0 radical (unpaired) electrons. The molecule has 102 valence electrons. The summed E-state index contributed by atoms with van der Waals surface area (Å²) in [5.41, 5.74) is 2.12. The Morgan fingerprint density at radius 3 is 2.60 bits per heavy atom. The van der Waals surface area contributed by atoms with Crippen molar-refractivity contribution >= 4 is 21.4 Å². The zero-order chi connectivity index (χ0) is 13.9. The summed E-state index contributed by atoms with van der Waals surface area (Å²) in [5, 5.41) is 13.7. The van der Waals surface area contributed by atoms with Crippen LogP contribution in [-0.2, 0) is 6.42 Å². The van der Waals surface area contributed by atoms with Crippen LogP contribution < -0.4 is 4.74 Å². The Balaban J connectivity index is 1.83. The molecule has 0 amide bonds. The summed E-state index contributed by atoms with van der Waals surface area (Å²) in [4.78, 5) is 0. The van der Waals surface area contributed by atoms with E-state index in [0.717, 1.165) is 22.3 Å². The van der Waals surface area contributed by atoms with E-state index in [0.29, 0.717) is 6.42 Å². The lowest BCUT2D eigenvalue weighted by atomic mass is 10.0. The standard InChI is InChI=1S/C17H16O2S/c1-19-13-8-6-12(7-9-13)10-16(18)15-11-20-17-5-3-2-4-14(15)17/h2-9,11,16,18H,10H2,1H3. The molecular formula is C17H16O2S. The highest BCUT2D eigenvalue weighted by molar-refractivity contribution is 7.17. The van der Waals surface area contributed by atoms with Crippen LogP contribution in [0.1, 0.15) is 17.2 Å². The van der Waals surface area contributed by atoms with Gasteiger partial charge >= 0.3 is 0 Å². The average Bonchev–Trinajstić information content (AvgIpc) is 2.92. The molecule has 0 aliphatic rings. The molecule has 2 aromatic carbocycles. The van der Waals surface area contributed by atoms with Gasteiger partial charge in [0.25, 0.3) is 0 Å². The molecule has 3 rings (SSSR count). The SMILES string of the molecule is COc1ccc(CC(O)c2csc3ccccc23)cc1. The van der Waals surface area contributed by atoms with Crippen LogP contribution in [0.2, 0.25) is 0 Å². The van der Waals surface area contributed by atoms with Gasteiger partial charge in [0, 0.05) is 11.1 Å². The van der Waals surface area contributed by atoms with E-state index in [-0.39, 0.29) is 0 Å². The van der Waals surface area contributed by atoms with Crippen molar-refractivity contribution in [2.24, 2.45) is 0 Å². The number of rotatable bonds is 4. The Kier molecular flexibility index (Phi) is 3.72. The van der Waals surface area contributed by atoms with Gasteiger partial charge < -0.3 is 9.84 Å². The van der Waals surface area contributed by atoms with Gasteiger partial charge in [-0.05, 0) is 40.1 Å². The number of thiophene rings is 1. The Labute approximate surface area is 122 Å². The lowest BCUT2D eigenvalue weighted by Crippen LogP contribution is -2.00. The first-order valence-corrected chi connectivity index (χ1v) is 7.43. The van der Waals surface area contributed by atoms with Crippen molar-refractivity contribution in [2.75, 3.05) is 7.11 Å². The maximum absolute atomic E-state index is 10.5. The lowest BCUT2D eigenvalue weighted by Gasteiger charge is -2.10. The molecule has 0 aliphatic carbocycles. The molecule has 0 bridgehead atoms. The normalized spacial score (nSPS) is 12.5. The topological polar surface area (TPSA) is 29.5 Å². The van der Waals surface area contributed by atoms with Crippen LogP contribution in [0.3, 0.4) is 0 Å². The van der Waals surface area contributed by atoms with Gasteiger partial charge in [-0.25, -0.2) is 0 Å². The zero-order valence-corrected chi connectivity index (χ0v) is 12.1. The number of benzene rings is 2. The summed E-state index contributed by atoms with van der Waals surface area (Å²) < 4.78 is 6.36.